The number of amides is 2. The highest BCUT2D eigenvalue weighted by Crippen LogP contribution is 2.32. The molecule has 21 heavy (non-hydrogen) atoms. The number of hydrogen-bond donors (Lipinski definition) is 2. The van der Waals surface area contributed by atoms with Gasteiger partial charge in [-0.3, -0.25) is 0 Å². The number of aliphatic hydroxyl groups excluding tert-OH is 1. The number of nitrogens with one attached hydrogen (secondary N) is 1. The third-order valence-corrected chi connectivity index (χ3v) is 4.07. The van der Waals surface area contributed by atoms with Crippen LogP contribution in [0.2, 0.25) is 5.02 Å². The zero-order chi connectivity index (χ0) is 15.6. The fourth-order valence-electron chi connectivity index (χ4n) is 2.22. The Morgan fingerprint density at radius 3 is 2.81 bits per heavy atom. The predicted molar refractivity (Wildman–Crippen MR) is 79.7 cm³/mol. The quantitative estimate of drug-likeness (QED) is 0.878. The number of halogens is 2. The van der Waals surface area contributed by atoms with E-state index in [-0.39, 0.29) is 17.1 Å². The first-order valence-corrected chi connectivity index (χ1v) is 7.41. The first-order valence-electron chi connectivity index (χ1n) is 7.03. The van der Waals surface area contributed by atoms with Crippen LogP contribution in [0.5, 0.6) is 0 Å². The molecule has 0 unspecified atom stereocenters. The standard InChI is InChI=1S/C15H20ClFN2O2/c1-9(12-6-5-11(17)7-13(12)16)18-15(21)19(2)8-14(20)10-3-4-10/h5-7,9-10,14,20H,3-4,8H2,1-2H3,(H,18,21)/t9-,14+/m0/s1. The Balaban J connectivity index is 1.91. The number of likely N-dealkylation sites (N-methyl/N-ethyl adjacent to an activating group) is 1. The van der Waals surface area contributed by atoms with Crippen LogP contribution >= 0.6 is 11.6 Å². The van der Waals surface area contributed by atoms with Gasteiger partial charge in [0.05, 0.1) is 12.1 Å². The van der Waals surface area contributed by atoms with Crippen LogP contribution in [0.4, 0.5) is 9.18 Å². The number of rotatable bonds is 5. The van der Waals surface area contributed by atoms with E-state index in [0.29, 0.717) is 18.0 Å². The molecule has 1 fully saturated rings. The minimum atomic E-state index is -0.467. The fraction of sp³-hybridized carbons (Fsp3) is 0.533. The molecule has 0 bridgehead atoms. The van der Waals surface area contributed by atoms with Crippen molar-refractivity contribution in [1.82, 2.24) is 10.2 Å². The number of hydrogen-bond acceptors (Lipinski definition) is 2. The maximum atomic E-state index is 13.0. The van der Waals surface area contributed by atoms with E-state index in [1.54, 1.807) is 20.0 Å². The summed E-state index contributed by atoms with van der Waals surface area (Å²) in [5, 5.41) is 12.9. The summed E-state index contributed by atoms with van der Waals surface area (Å²) in [6, 6.07) is 3.46. The zero-order valence-electron chi connectivity index (χ0n) is 12.1. The lowest BCUT2D eigenvalue weighted by atomic mass is 10.1. The van der Waals surface area contributed by atoms with E-state index in [1.165, 1.54) is 17.0 Å². The van der Waals surface area contributed by atoms with Crippen LogP contribution in [0.1, 0.15) is 31.4 Å². The van der Waals surface area contributed by atoms with Crippen LogP contribution in [0.25, 0.3) is 0 Å². The van der Waals surface area contributed by atoms with Crippen LogP contribution in [0.3, 0.4) is 0 Å². The molecular weight excluding hydrogens is 295 g/mol. The summed E-state index contributed by atoms with van der Waals surface area (Å²) in [5.74, 6) is -0.0869. The second-order valence-corrected chi connectivity index (χ2v) is 6.03. The third kappa shape index (κ3) is 4.32. The van der Waals surface area contributed by atoms with E-state index in [1.807, 2.05) is 0 Å². The summed E-state index contributed by atoms with van der Waals surface area (Å²) >= 11 is 5.98. The number of aliphatic hydroxyl groups is 1. The molecule has 2 rings (SSSR count). The molecule has 2 N–H and O–H groups in total. The first kappa shape index (κ1) is 16.0. The Kier molecular flexibility index (Phi) is 5.06. The van der Waals surface area contributed by atoms with Crippen molar-refractivity contribution in [2.45, 2.75) is 31.9 Å². The van der Waals surface area contributed by atoms with Gasteiger partial charge in [0.25, 0.3) is 0 Å². The highest BCUT2D eigenvalue weighted by molar-refractivity contribution is 6.31. The number of benzene rings is 1. The molecular formula is C15H20ClFN2O2. The van der Waals surface area contributed by atoms with Crippen LogP contribution in [0, 0.1) is 11.7 Å². The SMILES string of the molecule is C[C@H](NC(=O)N(C)C[C@@H](O)C1CC1)c1ccc(F)cc1Cl. The van der Waals surface area contributed by atoms with Gasteiger partial charge in [-0.1, -0.05) is 17.7 Å². The van der Waals surface area contributed by atoms with Gasteiger partial charge in [-0.2, -0.15) is 0 Å². The van der Waals surface area contributed by atoms with Gasteiger partial charge in [0.2, 0.25) is 0 Å². The van der Waals surface area contributed by atoms with Crippen molar-refractivity contribution >= 4 is 17.6 Å². The highest BCUT2D eigenvalue weighted by atomic mass is 35.5. The molecule has 1 saturated carbocycles. The van der Waals surface area contributed by atoms with Gasteiger partial charge in [0, 0.05) is 18.6 Å². The summed E-state index contributed by atoms with van der Waals surface area (Å²) < 4.78 is 13.0. The Morgan fingerprint density at radius 2 is 2.24 bits per heavy atom. The maximum absolute atomic E-state index is 13.0. The molecule has 0 heterocycles. The molecule has 0 radical (unpaired) electrons. The second kappa shape index (κ2) is 6.62. The molecule has 1 aromatic rings. The molecule has 1 aliphatic rings. The van der Waals surface area contributed by atoms with Gasteiger partial charge >= 0.3 is 6.03 Å². The van der Waals surface area contributed by atoms with Crippen LogP contribution in [-0.4, -0.2) is 35.7 Å². The first-order chi connectivity index (χ1) is 9.88. The normalized spacial score (nSPS) is 17.2. The fourth-order valence-corrected chi connectivity index (χ4v) is 2.55. The molecule has 0 aliphatic heterocycles. The van der Waals surface area contributed by atoms with Crippen molar-refractivity contribution in [1.29, 1.82) is 0 Å². The summed E-state index contributed by atoms with van der Waals surface area (Å²) in [7, 11) is 1.64. The van der Waals surface area contributed by atoms with Crippen molar-refractivity contribution in [3.8, 4) is 0 Å². The Hall–Kier alpha value is -1.33. The lowest BCUT2D eigenvalue weighted by Gasteiger charge is -2.24. The van der Waals surface area contributed by atoms with E-state index in [4.69, 9.17) is 11.6 Å². The van der Waals surface area contributed by atoms with Gasteiger partial charge in [-0.05, 0) is 43.4 Å². The molecule has 0 aromatic heterocycles. The predicted octanol–water partition coefficient (Wildman–Crippen LogP) is 2.95. The third-order valence-electron chi connectivity index (χ3n) is 3.74. The summed E-state index contributed by atoms with van der Waals surface area (Å²) in [6.07, 6.45) is 1.58. The van der Waals surface area contributed by atoms with Crippen LogP contribution in [0.15, 0.2) is 18.2 Å². The van der Waals surface area contributed by atoms with E-state index < -0.39 is 11.9 Å². The average Bonchev–Trinajstić information content (AvgIpc) is 3.22. The Labute approximate surface area is 128 Å². The molecule has 2 amide bonds. The second-order valence-electron chi connectivity index (χ2n) is 5.62. The van der Waals surface area contributed by atoms with Crippen molar-refractivity contribution in [2.24, 2.45) is 5.92 Å². The Morgan fingerprint density at radius 1 is 1.57 bits per heavy atom. The van der Waals surface area contributed by atoms with Crippen molar-refractivity contribution in [3.63, 3.8) is 0 Å². The monoisotopic (exact) mass is 314 g/mol. The largest absolute Gasteiger partial charge is 0.391 e. The van der Waals surface area contributed by atoms with E-state index in [9.17, 15) is 14.3 Å². The van der Waals surface area contributed by atoms with E-state index in [0.717, 1.165) is 12.8 Å². The van der Waals surface area contributed by atoms with Crippen LogP contribution in [-0.2, 0) is 0 Å². The molecule has 6 heteroatoms. The molecule has 2 atom stereocenters. The minimum Gasteiger partial charge on any atom is -0.391 e. The van der Waals surface area contributed by atoms with Gasteiger partial charge in [-0.25, -0.2) is 9.18 Å². The molecule has 0 spiro atoms. The van der Waals surface area contributed by atoms with Crippen molar-refractivity contribution in [2.75, 3.05) is 13.6 Å². The Bertz CT molecular complexity index is 522. The molecule has 1 aliphatic carbocycles. The number of nitrogens with zero attached hydrogens (tertiary/aromatic N) is 1. The van der Waals surface area contributed by atoms with Gasteiger partial charge in [-0.15, -0.1) is 0 Å². The number of carbonyl (C=O) groups is 1. The van der Waals surface area contributed by atoms with Crippen molar-refractivity contribution in [3.05, 3.63) is 34.6 Å². The summed E-state index contributed by atoms with van der Waals surface area (Å²) in [4.78, 5) is 13.5. The average molecular weight is 315 g/mol. The summed E-state index contributed by atoms with van der Waals surface area (Å²) in [5.41, 5.74) is 0.655. The van der Waals surface area contributed by atoms with Crippen molar-refractivity contribution < 1.29 is 14.3 Å². The maximum Gasteiger partial charge on any atom is 0.317 e. The number of urea groups is 1. The van der Waals surface area contributed by atoms with Gasteiger partial charge in [0.15, 0.2) is 0 Å². The topological polar surface area (TPSA) is 52.6 Å². The van der Waals surface area contributed by atoms with Crippen LogP contribution < -0.4 is 5.32 Å². The van der Waals surface area contributed by atoms with E-state index >= 15 is 0 Å². The highest BCUT2D eigenvalue weighted by Gasteiger charge is 2.31. The molecule has 0 saturated heterocycles. The molecule has 1 aromatic carbocycles. The van der Waals surface area contributed by atoms with Gasteiger partial charge < -0.3 is 15.3 Å². The van der Waals surface area contributed by atoms with Gasteiger partial charge in [0.1, 0.15) is 5.82 Å². The smallest absolute Gasteiger partial charge is 0.317 e. The number of carbonyl (C=O) groups excluding carboxylic acids is 1. The molecule has 116 valence electrons. The minimum absolute atomic E-state index is 0.281. The lowest BCUT2D eigenvalue weighted by molar-refractivity contribution is 0.113. The summed E-state index contributed by atoms with van der Waals surface area (Å²) in [6.45, 7) is 2.09. The zero-order valence-corrected chi connectivity index (χ0v) is 12.9. The molecule has 4 nitrogen and oxygen atoms in total. The lowest BCUT2D eigenvalue weighted by Crippen LogP contribution is -2.42. The van der Waals surface area contributed by atoms with E-state index in [2.05, 4.69) is 5.32 Å².